The summed E-state index contributed by atoms with van der Waals surface area (Å²) in [5.74, 6) is 1.72. The van der Waals surface area contributed by atoms with E-state index in [-0.39, 0.29) is 0 Å². The fourth-order valence-corrected chi connectivity index (χ4v) is 2.42. The van der Waals surface area contributed by atoms with E-state index in [2.05, 4.69) is 27.5 Å². The molecule has 2 N–H and O–H groups in total. The van der Waals surface area contributed by atoms with Crippen LogP contribution in [0, 0.1) is 13.8 Å². The Morgan fingerprint density at radius 3 is 2.86 bits per heavy atom. The molecule has 3 aromatic rings. The third kappa shape index (κ3) is 3.28. The van der Waals surface area contributed by atoms with Gasteiger partial charge in [0.1, 0.15) is 11.5 Å². The van der Waals surface area contributed by atoms with Crippen molar-refractivity contribution in [1.82, 2.24) is 25.3 Å². The zero-order valence-electron chi connectivity index (χ0n) is 13.1. The van der Waals surface area contributed by atoms with E-state index in [1.54, 1.807) is 0 Å². The van der Waals surface area contributed by atoms with Crippen molar-refractivity contribution in [2.24, 2.45) is 0 Å². The van der Waals surface area contributed by atoms with Gasteiger partial charge in [-0.1, -0.05) is 0 Å². The monoisotopic (exact) mass is 299 g/mol. The molecule has 116 valence electrons. The number of hydrogen-bond acceptors (Lipinski definition) is 4. The molecule has 0 unspecified atom stereocenters. The van der Waals surface area contributed by atoms with Gasteiger partial charge in [0.2, 0.25) is 0 Å². The van der Waals surface area contributed by atoms with Crippen LogP contribution < -0.4 is 5.32 Å². The number of nitrogens with zero attached hydrogens (tertiary/aromatic N) is 3. The predicted molar refractivity (Wildman–Crippen MR) is 84.3 cm³/mol. The summed E-state index contributed by atoms with van der Waals surface area (Å²) >= 11 is 0. The van der Waals surface area contributed by atoms with Crippen molar-refractivity contribution in [2.75, 3.05) is 0 Å². The maximum absolute atomic E-state index is 5.66. The third-order valence-electron chi connectivity index (χ3n) is 3.57. The zero-order valence-corrected chi connectivity index (χ0v) is 13.1. The van der Waals surface area contributed by atoms with Crippen molar-refractivity contribution in [2.45, 2.75) is 39.9 Å². The molecule has 0 saturated heterocycles. The average molecular weight is 299 g/mol. The number of hydrogen-bond donors (Lipinski definition) is 2. The first-order valence-electron chi connectivity index (χ1n) is 7.43. The van der Waals surface area contributed by atoms with Crippen LogP contribution in [-0.4, -0.2) is 26.0 Å². The molecule has 0 saturated carbocycles. The Hall–Kier alpha value is -2.34. The molecule has 1 atom stereocenters. The van der Waals surface area contributed by atoms with Gasteiger partial charge in [0.15, 0.2) is 5.76 Å². The smallest absolute Gasteiger partial charge is 0.152 e. The summed E-state index contributed by atoms with van der Waals surface area (Å²) in [6.07, 6.45) is 5.76. The van der Waals surface area contributed by atoms with Gasteiger partial charge in [-0.25, -0.2) is 0 Å². The summed E-state index contributed by atoms with van der Waals surface area (Å²) in [6.45, 7) is 7.69. The Morgan fingerprint density at radius 1 is 1.32 bits per heavy atom. The van der Waals surface area contributed by atoms with Crippen LogP contribution >= 0.6 is 0 Å². The zero-order chi connectivity index (χ0) is 15.5. The number of rotatable bonds is 6. The Bertz CT molecular complexity index is 739. The molecule has 3 rings (SSSR count). The van der Waals surface area contributed by atoms with Crippen LogP contribution in [0.15, 0.2) is 35.1 Å². The quantitative estimate of drug-likeness (QED) is 0.734. The fourth-order valence-electron chi connectivity index (χ4n) is 2.42. The van der Waals surface area contributed by atoms with Gasteiger partial charge in [0.05, 0.1) is 18.9 Å². The minimum Gasteiger partial charge on any atom is -0.460 e. The summed E-state index contributed by atoms with van der Waals surface area (Å²) in [5.41, 5.74) is 3.21. The molecule has 0 spiro atoms. The Labute approximate surface area is 129 Å². The van der Waals surface area contributed by atoms with E-state index in [1.165, 1.54) is 5.56 Å². The van der Waals surface area contributed by atoms with Gasteiger partial charge in [-0.2, -0.15) is 10.2 Å². The van der Waals surface area contributed by atoms with Crippen molar-refractivity contribution >= 4 is 0 Å². The second kappa shape index (κ2) is 6.19. The van der Waals surface area contributed by atoms with Crippen molar-refractivity contribution in [3.05, 3.63) is 47.6 Å². The first-order valence-corrected chi connectivity index (χ1v) is 7.43. The summed E-state index contributed by atoms with van der Waals surface area (Å²) in [6, 6.07) is 4.22. The van der Waals surface area contributed by atoms with Crippen LogP contribution in [0.4, 0.5) is 0 Å². The first-order chi connectivity index (χ1) is 10.6. The highest BCUT2D eigenvalue weighted by Crippen LogP contribution is 2.23. The molecule has 3 heterocycles. The van der Waals surface area contributed by atoms with Gasteiger partial charge in [0, 0.05) is 24.3 Å². The summed E-state index contributed by atoms with van der Waals surface area (Å²) in [7, 11) is 0. The van der Waals surface area contributed by atoms with Gasteiger partial charge in [-0.05, 0) is 38.5 Å². The molecule has 0 radical (unpaired) electrons. The lowest BCUT2D eigenvalue weighted by Crippen LogP contribution is -2.30. The highest BCUT2D eigenvalue weighted by molar-refractivity contribution is 5.56. The second-order valence-electron chi connectivity index (χ2n) is 5.70. The van der Waals surface area contributed by atoms with Crippen molar-refractivity contribution in [1.29, 1.82) is 0 Å². The largest absolute Gasteiger partial charge is 0.460 e. The molecule has 3 aromatic heterocycles. The Morgan fingerprint density at radius 2 is 2.18 bits per heavy atom. The number of aryl methyl sites for hydroxylation is 2. The SMILES string of the molecule is Cc1cnn(C[C@@H](C)NCc2cn[nH]c2-c2ccc(C)o2)c1. The van der Waals surface area contributed by atoms with Crippen LogP contribution in [0.5, 0.6) is 0 Å². The number of nitrogens with one attached hydrogen (secondary N) is 2. The summed E-state index contributed by atoms with van der Waals surface area (Å²) in [5, 5.41) is 15.0. The number of aromatic nitrogens is 4. The van der Waals surface area contributed by atoms with Crippen LogP contribution in [-0.2, 0) is 13.1 Å². The van der Waals surface area contributed by atoms with Crippen molar-refractivity contribution in [3.63, 3.8) is 0 Å². The van der Waals surface area contributed by atoms with Crippen molar-refractivity contribution < 1.29 is 4.42 Å². The highest BCUT2D eigenvalue weighted by Gasteiger charge is 2.12. The molecular weight excluding hydrogens is 278 g/mol. The topological polar surface area (TPSA) is 71.7 Å². The third-order valence-corrected chi connectivity index (χ3v) is 3.57. The van der Waals surface area contributed by atoms with Gasteiger partial charge in [-0.15, -0.1) is 0 Å². The standard InChI is InChI=1S/C16H21N5O/c1-11-6-19-21(9-11)10-12(2)17-7-14-8-18-20-16(14)15-5-4-13(3)22-15/h4-6,8-9,12,17H,7,10H2,1-3H3,(H,18,20)/t12-/m1/s1. The van der Waals surface area contributed by atoms with Gasteiger partial charge < -0.3 is 9.73 Å². The van der Waals surface area contributed by atoms with E-state index in [4.69, 9.17) is 4.42 Å². The lowest BCUT2D eigenvalue weighted by atomic mass is 10.2. The molecule has 0 fully saturated rings. The summed E-state index contributed by atoms with van der Waals surface area (Å²) in [4.78, 5) is 0. The second-order valence-corrected chi connectivity index (χ2v) is 5.70. The van der Waals surface area contributed by atoms with Crippen LogP contribution in [0.2, 0.25) is 0 Å². The van der Waals surface area contributed by atoms with Crippen LogP contribution in [0.3, 0.4) is 0 Å². The van der Waals surface area contributed by atoms with Gasteiger partial charge in [-0.3, -0.25) is 9.78 Å². The Balaban J connectivity index is 1.61. The average Bonchev–Trinajstić information content (AvgIpc) is 3.18. The van der Waals surface area contributed by atoms with E-state index in [0.29, 0.717) is 6.04 Å². The van der Waals surface area contributed by atoms with E-state index in [9.17, 15) is 0 Å². The fraction of sp³-hybridized carbons (Fsp3) is 0.375. The molecule has 0 aromatic carbocycles. The minimum atomic E-state index is 0.306. The lowest BCUT2D eigenvalue weighted by molar-refractivity contribution is 0.450. The van der Waals surface area contributed by atoms with Crippen LogP contribution in [0.1, 0.15) is 23.8 Å². The summed E-state index contributed by atoms with van der Waals surface area (Å²) < 4.78 is 7.62. The Kier molecular flexibility index (Phi) is 4.11. The van der Waals surface area contributed by atoms with E-state index in [0.717, 1.165) is 35.9 Å². The van der Waals surface area contributed by atoms with E-state index >= 15 is 0 Å². The normalized spacial score (nSPS) is 12.7. The minimum absolute atomic E-state index is 0.306. The maximum Gasteiger partial charge on any atom is 0.152 e. The van der Waals surface area contributed by atoms with E-state index < -0.39 is 0 Å². The molecule has 0 aliphatic heterocycles. The molecule has 22 heavy (non-hydrogen) atoms. The van der Waals surface area contributed by atoms with E-state index in [1.807, 2.05) is 49.3 Å². The molecule has 0 amide bonds. The molecule has 0 aliphatic rings. The van der Waals surface area contributed by atoms with Crippen LogP contribution in [0.25, 0.3) is 11.5 Å². The van der Waals surface area contributed by atoms with Crippen molar-refractivity contribution in [3.8, 4) is 11.5 Å². The number of H-pyrrole nitrogens is 1. The molecule has 6 heteroatoms. The molecule has 0 aliphatic carbocycles. The molecular formula is C16H21N5O. The predicted octanol–water partition coefficient (Wildman–Crippen LogP) is 2.66. The molecule has 0 bridgehead atoms. The van der Waals surface area contributed by atoms with Gasteiger partial charge >= 0.3 is 0 Å². The van der Waals surface area contributed by atoms with Gasteiger partial charge in [0.25, 0.3) is 0 Å². The number of aromatic amines is 1. The lowest BCUT2D eigenvalue weighted by Gasteiger charge is -2.13. The number of furan rings is 1. The maximum atomic E-state index is 5.66. The highest BCUT2D eigenvalue weighted by atomic mass is 16.3. The molecule has 6 nitrogen and oxygen atoms in total. The first kappa shape index (κ1) is 14.6.